The number of aryl methyl sites for hydroxylation is 1. The summed E-state index contributed by atoms with van der Waals surface area (Å²) in [4.78, 5) is 17.1. The summed E-state index contributed by atoms with van der Waals surface area (Å²) in [6.45, 7) is 2.63. The molecular weight excluding hydrogens is 565 g/mol. The molecule has 0 amide bonds. The second-order valence-electron chi connectivity index (χ2n) is 12.0. The molecule has 1 aliphatic heterocycles. The Morgan fingerprint density at radius 3 is 2.45 bits per heavy atom. The molecule has 0 radical (unpaired) electrons. The topological polar surface area (TPSA) is 53.0 Å². The van der Waals surface area contributed by atoms with Gasteiger partial charge in [-0.05, 0) is 144 Å². The van der Waals surface area contributed by atoms with Crippen LogP contribution in [0.3, 0.4) is 0 Å². The lowest BCUT2D eigenvalue weighted by molar-refractivity contribution is -0.170. The van der Waals surface area contributed by atoms with Crippen LogP contribution in [-0.4, -0.2) is 66.8 Å². The smallest absolute Gasteiger partial charge is 0.345 e. The van der Waals surface area contributed by atoms with Gasteiger partial charge in [-0.1, -0.05) is 36.2 Å². The van der Waals surface area contributed by atoms with Gasteiger partial charge in [0.25, 0.3) is 0 Å². The van der Waals surface area contributed by atoms with Crippen LogP contribution in [0.15, 0.2) is 36.4 Å². The fraction of sp³-hybridized carbons (Fsp3) is 0.606. The first kappa shape index (κ1) is 32.8. The average molecular weight is 609 g/mol. The number of benzene rings is 2. The minimum absolute atomic E-state index is 0.0758. The van der Waals surface area contributed by atoms with Crippen LogP contribution in [0.4, 0.5) is 13.2 Å². The van der Waals surface area contributed by atoms with E-state index in [1.54, 1.807) is 12.1 Å². The molecule has 1 N–H and O–H groups in total. The SMILES string of the molecule is Cc1cccc(C(C(=O)O)N(C)CC[C@H](CCN2CCCCC2)c2cc(Cl)ccc2F)c1C1CCC(OC(F)F)CC1. The van der Waals surface area contributed by atoms with E-state index in [-0.39, 0.29) is 17.7 Å². The zero-order valence-corrected chi connectivity index (χ0v) is 25.5. The van der Waals surface area contributed by atoms with Crippen LogP contribution in [0.5, 0.6) is 0 Å². The lowest BCUT2D eigenvalue weighted by Gasteiger charge is -2.34. The normalized spacial score (nSPS) is 21.5. The molecule has 2 aliphatic rings. The second-order valence-corrected chi connectivity index (χ2v) is 12.4. The van der Waals surface area contributed by atoms with E-state index >= 15 is 4.39 Å². The largest absolute Gasteiger partial charge is 0.480 e. The van der Waals surface area contributed by atoms with Crippen molar-refractivity contribution in [1.29, 1.82) is 0 Å². The molecule has 1 heterocycles. The first-order chi connectivity index (χ1) is 20.1. The standard InChI is InChI=1S/C33H44ClF3N2O3/c1-22-7-6-8-27(30(22)24-9-12-26(13-10-24)42-33(36)37)31(32(40)41)38(2)19-15-23(16-20-39-17-4-3-5-18-39)28-21-25(34)11-14-29(28)35/h6-8,11,14,21,23-24,26,31,33H,3-5,9-10,12-13,15-20H2,1-2H3,(H,40,41)/t23-,24?,26?,31?/m1/s1. The number of carboxylic acids is 1. The number of ether oxygens (including phenoxy) is 1. The van der Waals surface area contributed by atoms with Gasteiger partial charge in [0.15, 0.2) is 0 Å². The maximum Gasteiger partial charge on any atom is 0.345 e. The van der Waals surface area contributed by atoms with Crippen molar-refractivity contribution < 1.29 is 27.8 Å². The zero-order valence-electron chi connectivity index (χ0n) is 24.7. The third-order valence-electron chi connectivity index (χ3n) is 9.18. The van der Waals surface area contributed by atoms with Crippen molar-refractivity contribution in [2.24, 2.45) is 0 Å². The summed E-state index contributed by atoms with van der Waals surface area (Å²) in [6, 6.07) is 9.53. The van der Waals surface area contributed by atoms with E-state index in [9.17, 15) is 18.7 Å². The summed E-state index contributed by atoms with van der Waals surface area (Å²) in [6.07, 6.45) is 6.84. The van der Waals surface area contributed by atoms with Crippen molar-refractivity contribution in [2.45, 2.75) is 95.3 Å². The number of nitrogens with zero attached hydrogens (tertiary/aromatic N) is 2. The molecule has 2 aromatic rings. The Hall–Kier alpha value is -2.13. The van der Waals surface area contributed by atoms with Crippen molar-refractivity contribution >= 4 is 17.6 Å². The van der Waals surface area contributed by atoms with Crippen molar-refractivity contribution in [3.63, 3.8) is 0 Å². The highest BCUT2D eigenvalue weighted by Gasteiger charge is 2.33. The van der Waals surface area contributed by atoms with Gasteiger partial charge in [-0.25, -0.2) is 4.39 Å². The fourth-order valence-corrected chi connectivity index (χ4v) is 7.16. The fourth-order valence-electron chi connectivity index (χ4n) is 6.98. The number of hydrogen-bond donors (Lipinski definition) is 1. The predicted molar refractivity (Wildman–Crippen MR) is 160 cm³/mol. The van der Waals surface area contributed by atoms with Gasteiger partial charge in [0.05, 0.1) is 6.10 Å². The van der Waals surface area contributed by atoms with Crippen LogP contribution in [0.1, 0.15) is 97.9 Å². The first-order valence-electron chi connectivity index (χ1n) is 15.3. The summed E-state index contributed by atoms with van der Waals surface area (Å²) >= 11 is 6.27. The van der Waals surface area contributed by atoms with Crippen LogP contribution in [-0.2, 0) is 9.53 Å². The van der Waals surface area contributed by atoms with E-state index in [0.717, 1.165) is 42.7 Å². The lowest BCUT2D eigenvalue weighted by Crippen LogP contribution is -2.34. The number of likely N-dealkylation sites (tertiary alicyclic amines) is 1. The highest BCUT2D eigenvalue weighted by molar-refractivity contribution is 6.30. The van der Waals surface area contributed by atoms with Gasteiger partial charge in [0, 0.05) is 5.02 Å². The van der Waals surface area contributed by atoms with Crippen molar-refractivity contribution in [1.82, 2.24) is 9.80 Å². The minimum Gasteiger partial charge on any atom is -0.480 e. The molecule has 0 aromatic heterocycles. The van der Waals surface area contributed by atoms with Gasteiger partial charge < -0.3 is 14.7 Å². The Balaban J connectivity index is 1.52. The van der Waals surface area contributed by atoms with Gasteiger partial charge in [-0.3, -0.25) is 9.69 Å². The van der Waals surface area contributed by atoms with E-state index in [1.165, 1.54) is 25.3 Å². The minimum atomic E-state index is -2.78. The molecular formula is C33H44ClF3N2O3. The average Bonchev–Trinajstić information content (AvgIpc) is 2.95. The van der Waals surface area contributed by atoms with Crippen molar-refractivity contribution in [2.75, 3.05) is 33.2 Å². The molecule has 1 saturated heterocycles. The third-order valence-corrected chi connectivity index (χ3v) is 9.41. The molecule has 2 fully saturated rings. The second kappa shape index (κ2) is 15.6. The summed E-state index contributed by atoms with van der Waals surface area (Å²) < 4.78 is 45.3. The summed E-state index contributed by atoms with van der Waals surface area (Å²) in [5.41, 5.74) is 3.32. The Bertz CT molecular complexity index is 1170. The maximum atomic E-state index is 15.0. The van der Waals surface area contributed by atoms with Crippen LogP contribution in [0.25, 0.3) is 0 Å². The number of carboxylic acid groups (broad SMARTS) is 1. The predicted octanol–water partition coefficient (Wildman–Crippen LogP) is 8.16. The van der Waals surface area contributed by atoms with Gasteiger partial charge in [0.2, 0.25) is 0 Å². The number of likely N-dealkylation sites (N-methyl/N-ethyl adjacent to an activating group) is 1. The number of rotatable bonds is 13. The van der Waals surface area contributed by atoms with E-state index in [4.69, 9.17) is 16.3 Å². The summed E-state index contributed by atoms with van der Waals surface area (Å²) in [5.74, 6) is -1.26. The molecule has 232 valence electrons. The highest BCUT2D eigenvalue weighted by Crippen LogP contribution is 2.41. The van der Waals surface area contributed by atoms with Gasteiger partial charge in [-0.2, -0.15) is 8.78 Å². The number of halogens is 4. The Labute approximate surface area is 253 Å². The number of aliphatic carboxylic acids is 1. The molecule has 2 atom stereocenters. The first-order valence-corrected chi connectivity index (χ1v) is 15.6. The maximum absolute atomic E-state index is 15.0. The highest BCUT2D eigenvalue weighted by atomic mass is 35.5. The van der Waals surface area contributed by atoms with E-state index in [1.807, 2.05) is 37.1 Å². The quantitative estimate of drug-likeness (QED) is 0.249. The molecule has 0 bridgehead atoms. The van der Waals surface area contributed by atoms with Gasteiger partial charge in [-0.15, -0.1) is 0 Å². The molecule has 1 unspecified atom stereocenters. The number of alkyl halides is 2. The Morgan fingerprint density at radius 2 is 1.79 bits per heavy atom. The molecule has 4 rings (SSSR count). The van der Waals surface area contributed by atoms with Gasteiger partial charge >= 0.3 is 12.6 Å². The van der Waals surface area contributed by atoms with Crippen LogP contribution < -0.4 is 0 Å². The lowest BCUT2D eigenvalue weighted by atomic mass is 9.77. The Morgan fingerprint density at radius 1 is 1.07 bits per heavy atom. The molecule has 9 heteroatoms. The number of piperidine rings is 1. The van der Waals surface area contributed by atoms with Crippen molar-refractivity contribution in [3.05, 3.63) is 69.5 Å². The van der Waals surface area contributed by atoms with E-state index < -0.39 is 24.7 Å². The van der Waals surface area contributed by atoms with Crippen molar-refractivity contribution in [3.8, 4) is 0 Å². The van der Waals surface area contributed by atoms with Crippen LogP contribution >= 0.6 is 11.6 Å². The molecule has 1 saturated carbocycles. The monoisotopic (exact) mass is 608 g/mol. The van der Waals surface area contributed by atoms with Gasteiger partial charge in [0.1, 0.15) is 11.9 Å². The van der Waals surface area contributed by atoms with Crippen LogP contribution in [0, 0.1) is 12.7 Å². The molecule has 2 aromatic carbocycles. The van der Waals surface area contributed by atoms with E-state index in [2.05, 4.69) is 4.90 Å². The van der Waals surface area contributed by atoms with E-state index in [0.29, 0.717) is 49.2 Å². The van der Waals surface area contributed by atoms with Crippen LogP contribution in [0.2, 0.25) is 5.02 Å². The summed E-state index contributed by atoms with van der Waals surface area (Å²) in [5, 5.41) is 10.9. The zero-order chi connectivity index (χ0) is 30.2. The molecule has 42 heavy (non-hydrogen) atoms. The molecule has 5 nitrogen and oxygen atoms in total. The number of hydrogen-bond acceptors (Lipinski definition) is 4. The summed E-state index contributed by atoms with van der Waals surface area (Å²) in [7, 11) is 1.81. The third kappa shape index (κ3) is 8.71. The molecule has 1 aliphatic carbocycles. The molecule has 0 spiro atoms. The number of carbonyl (C=O) groups is 1. The Kier molecular flexibility index (Phi) is 12.1.